The van der Waals surface area contributed by atoms with Crippen molar-refractivity contribution in [1.29, 1.82) is 0 Å². The van der Waals surface area contributed by atoms with E-state index in [4.69, 9.17) is 20.4 Å². The number of fused-ring (bicyclic) bond motifs is 3. The third kappa shape index (κ3) is 1.86. The van der Waals surface area contributed by atoms with Crippen molar-refractivity contribution in [2.45, 2.75) is 6.92 Å². The second-order valence-electron chi connectivity index (χ2n) is 5.20. The summed E-state index contributed by atoms with van der Waals surface area (Å²) >= 11 is 6.38. The van der Waals surface area contributed by atoms with E-state index < -0.39 is 5.63 Å². The van der Waals surface area contributed by atoms with Crippen LogP contribution in [0, 0.1) is 6.92 Å². The van der Waals surface area contributed by atoms with Gasteiger partial charge < -0.3 is 8.83 Å². The minimum Gasteiger partial charge on any atom is -0.453 e. The molecule has 0 unspecified atom stereocenters. The van der Waals surface area contributed by atoms with E-state index in [1.807, 2.05) is 49.4 Å². The Bertz CT molecular complexity index is 1060. The van der Waals surface area contributed by atoms with E-state index in [2.05, 4.69) is 0 Å². The minimum absolute atomic E-state index is 0.288. The van der Waals surface area contributed by atoms with Crippen LogP contribution in [0.3, 0.4) is 0 Å². The van der Waals surface area contributed by atoms with Crippen LogP contribution in [0.5, 0.6) is 0 Å². The van der Waals surface area contributed by atoms with Crippen LogP contribution in [0.1, 0.15) is 5.56 Å². The van der Waals surface area contributed by atoms with E-state index in [1.165, 1.54) is 0 Å². The van der Waals surface area contributed by atoms with E-state index in [-0.39, 0.29) is 5.39 Å². The van der Waals surface area contributed by atoms with Crippen LogP contribution in [0.15, 0.2) is 62.2 Å². The van der Waals surface area contributed by atoms with Gasteiger partial charge in [-0.15, -0.1) is 0 Å². The molecule has 0 saturated heterocycles. The van der Waals surface area contributed by atoms with Gasteiger partial charge in [0.1, 0.15) is 16.0 Å². The maximum absolute atomic E-state index is 12.2. The fraction of sp³-hybridized carbons (Fsp3) is 0.0556. The standard InChI is InChI=1S/C18H11ClO3/c1-10-6-8-11(9-7-10)16-15(19)14-17(22-16)12-4-2-3-5-13(12)21-18(14)20/h2-9H,1H3. The molecule has 0 aliphatic rings. The summed E-state index contributed by atoms with van der Waals surface area (Å²) in [7, 11) is 0. The van der Waals surface area contributed by atoms with Gasteiger partial charge in [-0.3, -0.25) is 0 Å². The summed E-state index contributed by atoms with van der Waals surface area (Å²) in [5.74, 6) is 0.486. The van der Waals surface area contributed by atoms with E-state index in [0.717, 1.165) is 16.5 Å². The molecule has 0 aliphatic carbocycles. The molecule has 0 saturated carbocycles. The smallest absolute Gasteiger partial charge is 0.349 e. The number of furan rings is 1. The Balaban J connectivity index is 2.12. The van der Waals surface area contributed by atoms with Crippen molar-refractivity contribution >= 4 is 33.5 Å². The largest absolute Gasteiger partial charge is 0.453 e. The number of halogens is 1. The Labute approximate surface area is 130 Å². The highest BCUT2D eigenvalue weighted by atomic mass is 35.5. The predicted molar refractivity (Wildman–Crippen MR) is 87.4 cm³/mol. The number of hydrogen-bond acceptors (Lipinski definition) is 3. The van der Waals surface area contributed by atoms with Crippen molar-refractivity contribution in [3.63, 3.8) is 0 Å². The Kier molecular flexibility index (Phi) is 2.84. The van der Waals surface area contributed by atoms with Gasteiger partial charge in [0, 0.05) is 5.56 Å². The second kappa shape index (κ2) is 4.75. The summed E-state index contributed by atoms with van der Waals surface area (Å²) in [6, 6.07) is 15.0. The molecule has 0 radical (unpaired) electrons. The fourth-order valence-electron chi connectivity index (χ4n) is 2.57. The van der Waals surface area contributed by atoms with Crippen LogP contribution < -0.4 is 5.63 Å². The molecule has 4 aromatic rings. The third-order valence-electron chi connectivity index (χ3n) is 3.70. The lowest BCUT2D eigenvalue weighted by molar-refractivity contribution is 0.565. The molecule has 0 spiro atoms. The summed E-state index contributed by atoms with van der Waals surface area (Å²) < 4.78 is 11.3. The average molecular weight is 311 g/mol. The summed E-state index contributed by atoms with van der Waals surface area (Å²) in [5.41, 5.74) is 2.44. The Morgan fingerprint density at radius 2 is 1.68 bits per heavy atom. The number of hydrogen-bond donors (Lipinski definition) is 0. The normalized spacial score (nSPS) is 11.4. The van der Waals surface area contributed by atoms with Crippen molar-refractivity contribution in [2.75, 3.05) is 0 Å². The van der Waals surface area contributed by atoms with E-state index in [0.29, 0.717) is 21.9 Å². The second-order valence-corrected chi connectivity index (χ2v) is 5.58. The molecule has 0 bridgehead atoms. The first-order valence-electron chi connectivity index (χ1n) is 6.86. The molecule has 4 heteroatoms. The topological polar surface area (TPSA) is 43.4 Å². The lowest BCUT2D eigenvalue weighted by Gasteiger charge is -1.98. The molecular formula is C18H11ClO3. The first kappa shape index (κ1) is 13.2. The molecule has 0 atom stereocenters. The van der Waals surface area contributed by atoms with Gasteiger partial charge in [0.2, 0.25) is 0 Å². The molecule has 108 valence electrons. The Hall–Kier alpha value is -2.52. The lowest BCUT2D eigenvalue weighted by atomic mass is 10.1. The highest BCUT2D eigenvalue weighted by Crippen LogP contribution is 2.38. The van der Waals surface area contributed by atoms with Gasteiger partial charge in [-0.2, -0.15) is 0 Å². The monoisotopic (exact) mass is 310 g/mol. The van der Waals surface area contributed by atoms with E-state index >= 15 is 0 Å². The molecule has 0 aliphatic heterocycles. The molecule has 3 nitrogen and oxygen atoms in total. The molecule has 0 fully saturated rings. The van der Waals surface area contributed by atoms with Gasteiger partial charge in [-0.1, -0.05) is 53.6 Å². The Morgan fingerprint density at radius 3 is 2.45 bits per heavy atom. The van der Waals surface area contributed by atoms with Gasteiger partial charge in [0.15, 0.2) is 11.3 Å². The molecule has 2 heterocycles. The zero-order valence-corrected chi connectivity index (χ0v) is 12.5. The third-order valence-corrected chi connectivity index (χ3v) is 4.06. The number of para-hydroxylation sites is 1. The van der Waals surface area contributed by atoms with Crippen molar-refractivity contribution in [3.05, 3.63) is 69.5 Å². The first-order valence-corrected chi connectivity index (χ1v) is 7.24. The van der Waals surface area contributed by atoms with Crippen molar-refractivity contribution in [1.82, 2.24) is 0 Å². The maximum Gasteiger partial charge on any atom is 0.349 e. The Morgan fingerprint density at radius 1 is 0.955 bits per heavy atom. The molecule has 2 aromatic carbocycles. The molecule has 4 rings (SSSR count). The lowest BCUT2D eigenvalue weighted by Crippen LogP contribution is -1.98. The first-order chi connectivity index (χ1) is 10.6. The van der Waals surface area contributed by atoms with Crippen molar-refractivity contribution in [3.8, 4) is 11.3 Å². The van der Waals surface area contributed by atoms with Gasteiger partial charge in [-0.25, -0.2) is 4.79 Å². The summed E-state index contributed by atoms with van der Waals surface area (Å²) in [5, 5.41) is 1.31. The highest BCUT2D eigenvalue weighted by Gasteiger charge is 2.20. The average Bonchev–Trinajstić information content (AvgIpc) is 2.87. The molecule has 22 heavy (non-hydrogen) atoms. The van der Waals surface area contributed by atoms with Crippen molar-refractivity contribution < 1.29 is 8.83 Å². The minimum atomic E-state index is -0.485. The zero-order chi connectivity index (χ0) is 15.3. The summed E-state index contributed by atoms with van der Waals surface area (Å²) in [4.78, 5) is 12.2. The fourth-order valence-corrected chi connectivity index (χ4v) is 2.88. The van der Waals surface area contributed by atoms with E-state index in [1.54, 1.807) is 6.07 Å². The molecule has 0 amide bonds. The molecule has 0 N–H and O–H groups in total. The number of benzene rings is 2. The molecular weight excluding hydrogens is 300 g/mol. The van der Waals surface area contributed by atoms with Gasteiger partial charge in [0.25, 0.3) is 0 Å². The maximum atomic E-state index is 12.2. The van der Waals surface area contributed by atoms with Gasteiger partial charge in [-0.05, 0) is 19.1 Å². The van der Waals surface area contributed by atoms with Gasteiger partial charge in [0.05, 0.1) is 5.39 Å². The van der Waals surface area contributed by atoms with Crippen LogP contribution in [0.25, 0.3) is 33.3 Å². The molecule has 2 aromatic heterocycles. The van der Waals surface area contributed by atoms with Crippen LogP contribution >= 0.6 is 11.6 Å². The van der Waals surface area contributed by atoms with E-state index in [9.17, 15) is 4.79 Å². The van der Waals surface area contributed by atoms with Crippen molar-refractivity contribution in [2.24, 2.45) is 0 Å². The van der Waals surface area contributed by atoms with Crippen LogP contribution in [0.4, 0.5) is 0 Å². The van der Waals surface area contributed by atoms with Crippen LogP contribution in [-0.4, -0.2) is 0 Å². The quantitative estimate of drug-likeness (QED) is 0.456. The predicted octanol–water partition coefficient (Wildman–Crippen LogP) is 5.17. The van der Waals surface area contributed by atoms with Gasteiger partial charge >= 0.3 is 5.63 Å². The number of rotatable bonds is 1. The highest BCUT2D eigenvalue weighted by molar-refractivity contribution is 6.38. The summed E-state index contributed by atoms with van der Waals surface area (Å²) in [6.45, 7) is 2.01. The van der Waals surface area contributed by atoms with Crippen LogP contribution in [0.2, 0.25) is 5.02 Å². The zero-order valence-electron chi connectivity index (χ0n) is 11.7. The summed E-state index contributed by atoms with van der Waals surface area (Å²) in [6.07, 6.45) is 0. The number of aryl methyl sites for hydroxylation is 1. The van der Waals surface area contributed by atoms with Crippen LogP contribution in [-0.2, 0) is 0 Å². The SMILES string of the molecule is Cc1ccc(-c2oc3c(c2Cl)c(=O)oc2ccccc23)cc1.